The Balaban J connectivity index is 1.38. The maximum atomic E-state index is 12.8. The van der Waals surface area contributed by atoms with Gasteiger partial charge in [-0.1, -0.05) is 51.0 Å². The van der Waals surface area contributed by atoms with E-state index in [0.29, 0.717) is 18.2 Å². The molecule has 10 heteroatoms. The van der Waals surface area contributed by atoms with Crippen LogP contribution in [0.25, 0.3) is 11.0 Å². The predicted octanol–water partition coefficient (Wildman–Crippen LogP) is 5.77. The van der Waals surface area contributed by atoms with Gasteiger partial charge >= 0.3 is 6.09 Å². The topological polar surface area (TPSA) is 115 Å². The summed E-state index contributed by atoms with van der Waals surface area (Å²) in [5.74, 6) is 1.04. The first-order valence-electron chi connectivity index (χ1n) is 13.8. The van der Waals surface area contributed by atoms with E-state index in [0.717, 1.165) is 54.9 Å². The lowest BCUT2D eigenvalue weighted by molar-refractivity contribution is -0.123. The Hall–Kier alpha value is -3.37. The van der Waals surface area contributed by atoms with Crippen LogP contribution in [0.1, 0.15) is 37.7 Å². The highest BCUT2D eigenvalue weighted by Gasteiger charge is 2.24. The highest BCUT2D eigenvalue weighted by Crippen LogP contribution is 2.30. The van der Waals surface area contributed by atoms with Crippen LogP contribution >= 0.6 is 0 Å². The van der Waals surface area contributed by atoms with Crippen LogP contribution in [0.5, 0.6) is 11.5 Å². The molecule has 1 saturated carbocycles. The first kappa shape index (κ1) is 28.6. The largest absolute Gasteiger partial charge is 0.465 e. The van der Waals surface area contributed by atoms with Crippen LogP contribution in [0.4, 0.5) is 4.79 Å². The lowest BCUT2D eigenvalue weighted by Crippen LogP contribution is -2.50. The van der Waals surface area contributed by atoms with Gasteiger partial charge in [0.1, 0.15) is 29.9 Å². The Bertz CT molecular complexity index is 1250. The van der Waals surface area contributed by atoms with Crippen LogP contribution in [0, 0.1) is 0 Å². The van der Waals surface area contributed by atoms with E-state index in [-0.39, 0.29) is 18.4 Å². The first-order chi connectivity index (χ1) is 18.7. The van der Waals surface area contributed by atoms with Gasteiger partial charge in [-0.15, -0.1) is 0 Å². The van der Waals surface area contributed by atoms with Gasteiger partial charge in [-0.3, -0.25) is 4.79 Å². The molecule has 2 aromatic heterocycles. The van der Waals surface area contributed by atoms with Crippen molar-refractivity contribution in [2.24, 2.45) is 0 Å². The van der Waals surface area contributed by atoms with Crippen molar-refractivity contribution in [1.82, 2.24) is 20.2 Å². The molecule has 3 N–H and O–H groups in total. The highest BCUT2D eigenvalue weighted by atomic mass is 28.3. The van der Waals surface area contributed by atoms with Crippen molar-refractivity contribution in [1.29, 1.82) is 0 Å². The Morgan fingerprint density at radius 1 is 1.10 bits per heavy atom. The number of carbonyl (C=O) groups is 2. The molecular weight excluding hydrogens is 512 g/mol. The Morgan fingerprint density at radius 3 is 2.54 bits per heavy atom. The number of nitrogens with zero attached hydrogens (tertiary/aromatic N) is 2. The number of hydrogen-bond donors (Lipinski definition) is 3. The van der Waals surface area contributed by atoms with E-state index in [4.69, 9.17) is 9.47 Å². The van der Waals surface area contributed by atoms with Gasteiger partial charge in [0.2, 0.25) is 5.91 Å². The maximum absolute atomic E-state index is 12.8. The lowest BCUT2D eigenvalue weighted by atomic mass is 9.95. The summed E-state index contributed by atoms with van der Waals surface area (Å²) < 4.78 is 14.0. The standard InChI is InChI=1S/C29H40N4O5Si/c1-39(2,3)18-17-37-20-33-16-14-24-26(13-15-30-27(24)33)38-23-11-9-21(10-12-23)19-25(32-29(35)36)28(34)31-22-7-5-4-6-8-22/h9-16,22,25,32H,4-8,17-20H2,1-3H3,(H,31,34)(H,35,36). The molecule has 2 heterocycles. The fourth-order valence-electron chi connectivity index (χ4n) is 4.76. The first-order valence-corrected chi connectivity index (χ1v) is 17.5. The van der Waals surface area contributed by atoms with Gasteiger partial charge < -0.3 is 29.8 Å². The zero-order chi connectivity index (χ0) is 27.8. The zero-order valence-corrected chi connectivity index (χ0v) is 24.1. The van der Waals surface area contributed by atoms with Crippen molar-refractivity contribution < 1.29 is 24.2 Å². The minimum Gasteiger partial charge on any atom is -0.465 e. The lowest BCUT2D eigenvalue weighted by Gasteiger charge is -2.25. The van der Waals surface area contributed by atoms with Gasteiger partial charge in [0, 0.05) is 39.5 Å². The quantitative estimate of drug-likeness (QED) is 0.194. The van der Waals surface area contributed by atoms with Crippen LogP contribution in [-0.4, -0.2) is 53.4 Å². The van der Waals surface area contributed by atoms with Crippen LogP contribution in [0.2, 0.25) is 25.7 Å². The Kier molecular flexibility index (Phi) is 9.63. The number of fused-ring (bicyclic) bond motifs is 1. The number of carboxylic acid groups (broad SMARTS) is 1. The molecule has 1 fully saturated rings. The van der Waals surface area contributed by atoms with Gasteiger partial charge in [-0.05, 0) is 48.7 Å². The van der Waals surface area contributed by atoms with E-state index in [1.165, 1.54) is 6.42 Å². The maximum Gasteiger partial charge on any atom is 0.405 e. The molecule has 4 rings (SSSR count). The molecule has 1 unspecified atom stereocenters. The number of rotatable bonds is 12. The average molecular weight is 553 g/mol. The van der Waals surface area contributed by atoms with Crippen molar-refractivity contribution in [3.63, 3.8) is 0 Å². The van der Waals surface area contributed by atoms with Gasteiger partial charge in [0.05, 0.1) is 5.39 Å². The van der Waals surface area contributed by atoms with Crippen molar-refractivity contribution in [2.45, 2.75) is 83.0 Å². The number of aromatic nitrogens is 2. The van der Waals surface area contributed by atoms with E-state index in [1.54, 1.807) is 6.20 Å². The SMILES string of the molecule is C[Si](C)(C)CCOCn1ccc2c(Oc3ccc(CC(NC(=O)O)C(=O)NC4CCCCC4)cc3)ccnc21. The number of ether oxygens (including phenoxy) is 2. The number of amides is 2. The normalized spacial score (nSPS) is 15.2. The number of nitrogens with one attached hydrogen (secondary N) is 2. The molecule has 1 aliphatic rings. The predicted molar refractivity (Wildman–Crippen MR) is 154 cm³/mol. The van der Waals surface area contributed by atoms with Gasteiger partial charge in [-0.2, -0.15) is 0 Å². The summed E-state index contributed by atoms with van der Waals surface area (Å²) in [6, 6.07) is 11.5. The second-order valence-electron chi connectivity index (χ2n) is 11.5. The summed E-state index contributed by atoms with van der Waals surface area (Å²) in [6.07, 6.45) is 7.95. The van der Waals surface area contributed by atoms with Crippen molar-refractivity contribution >= 4 is 31.1 Å². The fourth-order valence-corrected chi connectivity index (χ4v) is 5.52. The minimum absolute atomic E-state index is 0.115. The molecule has 1 aromatic carbocycles. The van der Waals surface area contributed by atoms with E-state index in [2.05, 4.69) is 35.3 Å². The molecule has 0 saturated heterocycles. The van der Waals surface area contributed by atoms with Crippen molar-refractivity contribution in [3.8, 4) is 11.5 Å². The van der Waals surface area contributed by atoms with Gasteiger partial charge in [-0.25, -0.2) is 9.78 Å². The monoisotopic (exact) mass is 552 g/mol. The highest BCUT2D eigenvalue weighted by molar-refractivity contribution is 6.76. The molecule has 0 radical (unpaired) electrons. The van der Waals surface area contributed by atoms with E-state index < -0.39 is 20.2 Å². The van der Waals surface area contributed by atoms with Crippen LogP contribution < -0.4 is 15.4 Å². The van der Waals surface area contributed by atoms with Crippen molar-refractivity contribution in [3.05, 3.63) is 54.4 Å². The minimum atomic E-state index is -1.21. The second-order valence-corrected chi connectivity index (χ2v) is 17.1. The number of hydrogen-bond acceptors (Lipinski definition) is 5. The summed E-state index contributed by atoms with van der Waals surface area (Å²) in [7, 11) is -1.14. The van der Waals surface area contributed by atoms with E-state index >= 15 is 0 Å². The van der Waals surface area contributed by atoms with Crippen LogP contribution in [-0.2, 0) is 22.7 Å². The van der Waals surface area contributed by atoms with E-state index in [1.807, 2.05) is 47.2 Å². The molecule has 2 amide bonds. The molecule has 1 atom stereocenters. The second kappa shape index (κ2) is 13.1. The molecule has 0 bridgehead atoms. The Labute approximate surface area is 230 Å². The van der Waals surface area contributed by atoms with Crippen LogP contribution in [0.3, 0.4) is 0 Å². The molecule has 0 spiro atoms. The summed E-state index contributed by atoms with van der Waals surface area (Å²) in [6.45, 7) is 8.18. The number of carbonyl (C=O) groups excluding carboxylic acids is 1. The summed E-state index contributed by atoms with van der Waals surface area (Å²) >= 11 is 0. The summed E-state index contributed by atoms with van der Waals surface area (Å²) in [5, 5.41) is 15.6. The number of benzene rings is 1. The molecule has 3 aromatic rings. The third kappa shape index (κ3) is 8.56. The fraction of sp³-hybridized carbons (Fsp3) is 0.483. The van der Waals surface area contributed by atoms with Crippen LogP contribution in [0.15, 0.2) is 48.8 Å². The smallest absolute Gasteiger partial charge is 0.405 e. The van der Waals surface area contributed by atoms with Gasteiger partial charge in [0.25, 0.3) is 0 Å². The molecule has 0 aliphatic heterocycles. The van der Waals surface area contributed by atoms with E-state index in [9.17, 15) is 14.7 Å². The number of pyridine rings is 1. The molecular formula is C29H40N4O5Si. The molecule has 39 heavy (non-hydrogen) atoms. The third-order valence-corrected chi connectivity index (χ3v) is 8.71. The summed E-state index contributed by atoms with van der Waals surface area (Å²) in [4.78, 5) is 28.7. The van der Waals surface area contributed by atoms with Gasteiger partial charge in [0.15, 0.2) is 0 Å². The molecule has 9 nitrogen and oxygen atoms in total. The average Bonchev–Trinajstić information content (AvgIpc) is 3.31. The third-order valence-electron chi connectivity index (χ3n) is 7.01. The molecule has 1 aliphatic carbocycles. The summed E-state index contributed by atoms with van der Waals surface area (Å²) in [5.41, 5.74) is 1.63. The van der Waals surface area contributed by atoms with Crippen molar-refractivity contribution in [2.75, 3.05) is 6.61 Å². The molecule has 210 valence electrons. The Morgan fingerprint density at radius 2 is 1.85 bits per heavy atom. The zero-order valence-electron chi connectivity index (χ0n) is 23.1.